The first-order chi connectivity index (χ1) is 22.1. The van der Waals surface area contributed by atoms with Crippen LogP contribution in [0.3, 0.4) is 0 Å². The maximum atomic E-state index is 5.94. The summed E-state index contributed by atoms with van der Waals surface area (Å²) in [5.41, 5.74) is 6.93. The van der Waals surface area contributed by atoms with E-state index in [4.69, 9.17) is 18.9 Å². The van der Waals surface area contributed by atoms with Gasteiger partial charge < -0.3 is 33.6 Å². The van der Waals surface area contributed by atoms with Crippen LogP contribution in [0.4, 0.5) is 11.4 Å². The minimum atomic E-state index is 0.430. The molecule has 3 aromatic carbocycles. The highest BCUT2D eigenvalue weighted by Crippen LogP contribution is 2.24. The normalized spacial score (nSPS) is 13.5. The Labute approximate surface area is 268 Å². The van der Waals surface area contributed by atoms with Crippen LogP contribution in [0.1, 0.15) is 22.4 Å². The highest BCUT2D eigenvalue weighted by atomic mass is 16.5. The highest BCUT2D eigenvalue weighted by Gasteiger charge is 2.15. The van der Waals surface area contributed by atoms with Crippen LogP contribution in [0.5, 0.6) is 11.5 Å². The van der Waals surface area contributed by atoms with Crippen LogP contribution in [0.25, 0.3) is 0 Å². The SMILES string of the molecule is COc1cccc(CCOCCOCc2cc(N(Cc3ccc(N4CCN(C)CC4)cc3)Cc3cccc(OC)c3)ccn2)c1. The van der Waals surface area contributed by atoms with Gasteiger partial charge in [0, 0.05) is 56.8 Å². The standard InChI is InChI=1S/C37H46N4O4/c1-39-17-19-40(20-18-39)34-12-10-31(11-13-34)27-41(28-32-7-5-9-37(25-32)43-3)35-14-16-38-33(26-35)29-45-23-22-44-21-15-30-6-4-8-36(24-30)42-2/h4-14,16,24-26H,15,17-23,27-29H2,1-3H3. The van der Waals surface area contributed by atoms with Gasteiger partial charge in [-0.2, -0.15) is 0 Å². The number of hydrogen-bond donors (Lipinski definition) is 0. The lowest BCUT2D eigenvalue weighted by Crippen LogP contribution is -2.44. The maximum absolute atomic E-state index is 5.94. The first-order valence-electron chi connectivity index (χ1n) is 15.7. The molecule has 8 heteroatoms. The van der Waals surface area contributed by atoms with Crippen molar-refractivity contribution < 1.29 is 18.9 Å². The molecular weight excluding hydrogens is 564 g/mol. The number of methoxy groups -OCH3 is 2. The van der Waals surface area contributed by atoms with E-state index in [0.29, 0.717) is 26.4 Å². The number of ether oxygens (including phenoxy) is 4. The molecule has 2 heterocycles. The molecule has 0 amide bonds. The maximum Gasteiger partial charge on any atom is 0.119 e. The lowest BCUT2D eigenvalue weighted by Gasteiger charge is -2.34. The van der Waals surface area contributed by atoms with Gasteiger partial charge in [-0.15, -0.1) is 0 Å². The van der Waals surface area contributed by atoms with E-state index in [-0.39, 0.29) is 0 Å². The van der Waals surface area contributed by atoms with Gasteiger partial charge in [-0.25, -0.2) is 0 Å². The van der Waals surface area contributed by atoms with Crippen molar-refractivity contribution in [3.63, 3.8) is 0 Å². The number of likely N-dealkylation sites (N-methyl/N-ethyl adjacent to an activating group) is 1. The fraction of sp³-hybridized carbons (Fsp3) is 0.378. The Morgan fingerprint density at radius 1 is 0.689 bits per heavy atom. The molecule has 1 saturated heterocycles. The number of anilines is 2. The van der Waals surface area contributed by atoms with Gasteiger partial charge >= 0.3 is 0 Å². The number of rotatable bonds is 16. The van der Waals surface area contributed by atoms with E-state index in [1.807, 2.05) is 36.5 Å². The Hall–Kier alpha value is -4.11. The molecule has 0 N–H and O–H groups in total. The molecule has 5 rings (SSSR count). The molecule has 0 aliphatic carbocycles. The van der Waals surface area contributed by atoms with Gasteiger partial charge in [0.15, 0.2) is 0 Å². The molecule has 1 aliphatic heterocycles. The van der Waals surface area contributed by atoms with E-state index >= 15 is 0 Å². The predicted molar refractivity (Wildman–Crippen MR) is 180 cm³/mol. The summed E-state index contributed by atoms with van der Waals surface area (Å²) >= 11 is 0. The smallest absolute Gasteiger partial charge is 0.119 e. The molecule has 0 unspecified atom stereocenters. The zero-order valence-electron chi connectivity index (χ0n) is 26.9. The number of pyridine rings is 1. The second-order valence-corrected chi connectivity index (χ2v) is 11.4. The van der Waals surface area contributed by atoms with Gasteiger partial charge in [0.2, 0.25) is 0 Å². The molecule has 1 fully saturated rings. The topological polar surface area (TPSA) is 59.5 Å². The first-order valence-corrected chi connectivity index (χ1v) is 15.7. The second-order valence-electron chi connectivity index (χ2n) is 11.4. The lowest BCUT2D eigenvalue weighted by molar-refractivity contribution is 0.0405. The summed E-state index contributed by atoms with van der Waals surface area (Å²) in [6.45, 7) is 7.95. The Kier molecular flexibility index (Phi) is 12.1. The van der Waals surface area contributed by atoms with Crippen molar-refractivity contribution in [1.29, 1.82) is 0 Å². The molecule has 238 valence electrons. The van der Waals surface area contributed by atoms with Crippen molar-refractivity contribution in [3.8, 4) is 11.5 Å². The van der Waals surface area contributed by atoms with E-state index in [1.165, 1.54) is 22.4 Å². The number of piperazine rings is 1. The Balaban J connectivity index is 1.17. The molecule has 0 saturated carbocycles. The fourth-order valence-electron chi connectivity index (χ4n) is 5.48. The molecular formula is C37H46N4O4. The van der Waals surface area contributed by atoms with E-state index in [0.717, 1.165) is 68.6 Å². The van der Waals surface area contributed by atoms with Crippen LogP contribution in [-0.2, 0) is 35.6 Å². The van der Waals surface area contributed by atoms with Gasteiger partial charge in [-0.3, -0.25) is 4.98 Å². The van der Waals surface area contributed by atoms with E-state index in [2.05, 4.69) is 81.3 Å². The summed E-state index contributed by atoms with van der Waals surface area (Å²) in [7, 11) is 5.58. The van der Waals surface area contributed by atoms with Gasteiger partial charge in [-0.05, 0) is 78.7 Å². The largest absolute Gasteiger partial charge is 0.497 e. The van der Waals surface area contributed by atoms with Gasteiger partial charge in [0.05, 0.1) is 46.3 Å². The van der Waals surface area contributed by atoms with E-state index < -0.39 is 0 Å². The molecule has 8 nitrogen and oxygen atoms in total. The van der Waals surface area contributed by atoms with Crippen molar-refractivity contribution in [1.82, 2.24) is 9.88 Å². The van der Waals surface area contributed by atoms with Gasteiger partial charge in [0.1, 0.15) is 11.5 Å². The van der Waals surface area contributed by atoms with E-state index in [1.54, 1.807) is 14.2 Å². The highest BCUT2D eigenvalue weighted by molar-refractivity contribution is 5.51. The second kappa shape index (κ2) is 16.8. The number of nitrogens with zero attached hydrogens (tertiary/aromatic N) is 4. The molecule has 4 aromatic rings. The molecule has 45 heavy (non-hydrogen) atoms. The lowest BCUT2D eigenvalue weighted by atomic mass is 10.1. The zero-order valence-corrected chi connectivity index (χ0v) is 26.9. The van der Waals surface area contributed by atoms with Crippen molar-refractivity contribution in [3.05, 3.63) is 114 Å². The third-order valence-corrected chi connectivity index (χ3v) is 8.14. The minimum Gasteiger partial charge on any atom is -0.497 e. The Bertz CT molecular complexity index is 1460. The average molecular weight is 611 g/mol. The number of hydrogen-bond acceptors (Lipinski definition) is 8. The quantitative estimate of drug-likeness (QED) is 0.147. The molecule has 0 atom stereocenters. The van der Waals surface area contributed by atoms with E-state index in [9.17, 15) is 0 Å². The summed E-state index contributed by atoms with van der Waals surface area (Å²) in [5.74, 6) is 1.73. The monoisotopic (exact) mass is 610 g/mol. The van der Waals surface area contributed by atoms with Crippen molar-refractivity contribution in [2.75, 3.05) is 77.1 Å². The summed E-state index contributed by atoms with van der Waals surface area (Å²) in [5, 5.41) is 0. The fourth-order valence-corrected chi connectivity index (χ4v) is 5.48. The third-order valence-electron chi connectivity index (χ3n) is 8.14. The summed E-state index contributed by atoms with van der Waals surface area (Å²) in [6.07, 6.45) is 2.70. The van der Waals surface area contributed by atoms with Crippen LogP contribution in [0, 0.1) is 0 Å². The summed E-state index contributed by atoms with van der Waals surface area (Å²) in [6, 6.07) is 29.6. The van der Waals surface area contributed by atoms with Gasteiger partial charge in [-0.1, -0.05) is 36.4 Å². The molecule has 1 aliphatic rings. The molecule has 0 bridgehead atoms. The average Bonchev–Trinajstić information content (AvgIpc) is 3.08. The van der Waals surface area contributed by atoms with Crippen LogP contribution in [0.2, 0.25) is 0 Å². The van der Waals surface area contributed by atoms with Crippen molar-refractivity contribution >= 4 is 11.4 Å². The molecule has 0 spiro atoms. The molecule has 0 radical (unpaired) electrons. The first kappa shape index (κ1) is 32.3. The Morgan fingerprint density at radius 2 is 1.36 bits per heavy atom. The van der Waals surface area contributed by atoms with Crippen LogP contribution >= 0.6 is 0 Å². The minimum absolute atomic E-state index is 0.430. The summed E-state index contributed by atoms with van der Waals surface area (Å²) < 4.78 is 22.5. The van der Waals surface area contributed by atoms with Gasteiger partial charge in [0.25, 0.3) is 0 Å². The van der Waals surface area contributed by atoms with Crippen LogP contribution < -0.4 is 19.3 Å². The third kappa shape index (κ3) is 9.94. The van der Waals surface area contributed by atoms with Crippen molar-refractivity contribution in [2.45, 2.75) is 26.1 Å². The predicted octanol–water partition coefficient (Wildman–Crippen LogP) is 5.83. The summed E-state index contributed by atoms with van der Waals surface area (Å²) in [4.78, 5) is 11.8. The number of aromatic nitrogens is 1. The zero-order chi connectivity index (χ0) is 31.3. The van der Waals surface area contributed by atoms with Crippen LogP contribution in [-0.4, -0.2) is 77.2 Å². The number of benzene rings is 3. The van der Waals surface area contributed by atoms with Crippen molar-refractivity contribution in [2.24, 2.45) is 0 Å². The Morgan fingerprint density at radius 3 is 2.09 bits per heavy atom. The van der Waals surface area contributed by atoms with Crippen LogP contribution in [0.15, 0.2) is 91.1 Å². The molecule has 1 aromatic heterocycles.